The summed E-state index contributed by atoms with van der Waals surface area (Å²) in [5, 5.41) is 6.66. The predicted molar refractivity (Wildman–Crippen MR) is 136 cm³/mol. The summed E-state index contributed by atoms with van der Waals surface area (Å²) in [5.74, 6) is -0.331. The molecule has 1 atom stereocenters. The first-order valence-corrected chi connectivity index (χ1v) is 11.8. The van der Waals surface area contributed by atoms with Gasteiger partial charge in [-0.15, -0.1) is 0 Å². The van der Waals surface area contributed by atoms with Crippen molar-refractivity contribution in [3.8, 4) is 0 Å². The van der Waals surface area contributed by atoms with Gasteiger partial charge in [-0.2, -0.15) is 0 Å². The molecule has 8 heteroatoms. The van der Waals surface area contributed by atoms with E-state index in [0.717, 1.165) is 22.5 Å². The first-order valence-electron chi connectivity index (χ1n) is 10.8. The van der Waals surface area contributed by atoms with Crippen LogP contribution in [-0.2, 0) is 14.3 Å². The number of rotatable bonds is 7. The Morgan fingerprint density at radius 1 is 1.15 bits per heavy atom. The number of aryl methyl sites for hydroxylation is 1. The third kappa shape index (κ3) is 6.38. The smallest absolute Gasteiger partial charge is 0.338 e. The average molecular weight is 467 g/mol. The Bertz CT molecular complexity index is 1080. The number of amides is 1. The molecule has 1 amide bonds. The molecule has 0 aromatic heterocycles. The Balaban J connectivity index is 1.78. The van der Waals surface area contributed by atoms with E-state index in [1.165, 1.54) is 11.8 Å². The fourth-order valence-corrected chi connectivity index (χ4v) is 4.19. The fraction of sp³-hybridized carbons (Fsp3) is 0.320. The number of hydrogen-bond donors (Lipinski definition) is 2. The third-order valence-electron chi connectivity index (χ3n) is 5.08. The maximum absolute atomic E-state index is 12.7. The maximum Gasteiger partial charge on any atom is 0.338 e. The molecule has 1 aliphatic rings. The summed E-state index contributed by atoms with van der Waals surface area (Å²) < 4.78 is 5.29. The summed E-state index contributed by atoms with van der Waals surface area (Å²) in [5.41, 5.74) is 4.92. The van der Waals surface area contributed by atoms with Crippen LogP contribution in [0.3, 0.4) is 0 Å². The first-order chi connectivity index (χ1) is 15.8. The number of esters is 1. The number of carbonyl (C=O) groups excluding carboxylic acids is 2. The van der Waals surface area contributed by atoms with Gasteiger partial charge in [-0.25, -0.2) is 9.79 Å². The van der Waals surface area contributed by atoms with Crippen LogP contribution in [0.5, 0.6) is 0 Å². The number of nitrogens with zero attached hydrogens (tertiary/aromatic N) is 2. The zero-order chi connectivity index (χ0) is 24.0. The monoisotopic (exact) mass is 466 g/mol. The van der Waals surface area contributed by atoms with Crippen molar-refractivity contribution in [2.24, 2.45) is 4.99 Å². The van der Waals surface area contributed by atoms with Crippen molar-refractivity contribution in [3.63, 3.8) is 0 Å². The highest BCUT2D eigenvalue weighted by Gasteiger charge is 2.30. The van der Waals surface area contributed by atoms with Crippen molar-refractivity contribution in [3.05, 3.63) is 70.9 Å². The molecule has 0 aliphatic carbocycles. The second-order valence-electron chi connectivity index (χ2n) is 7.91. The topological polar surface area (TPSA) is 83.0 Å². The lowest BCUT2D eigenvalue weighted by atomic mass is 9.96. The van der Waals surface area contributed by atoms with E-state index in [0.29, 0.717) is 16.4 Å². The van der Waals surface area contributed by atoms with E-state index >= 15 is 0 Å². The molecule has 1 aliphatic heterocycles. The molecule has 33 heavy (non-hydrogen) atoms. The normalized spacial score (nSPS) is 15.4. The summed E-state index contributed by atoms with van der Waals surface area (Å²) in [6, 6.07) is 15.1. The Morgan fingerprint density at radius 3 is 2.52 bits per heavy atom. The van der Waals surface area contributed by atoms with Gasteiger partial charge in [-0.1, -0.05) is 36.0 Å². The Kier molecular flexibility index (Phi) is 8.16. The lowest BCUT2D eigenvalue weighted by molar-refractivity contribution is -0.139. The maximum atomic E-state index is 12.7. The minimum absolute atomic E-state index is 0.125. The van der Waals surface area contributed by atoms with Crippen LogP contribution < -0.4 is 15.5 Å². The van der Waals surface area contributed by atoms with Crippen molar-refractivity contribution in [1.29, 1.82) is 0 Å². The van der Waals surface area contributed by atoms with Crippen LogP contribution in [0.1, 0.15) is 31.0 Å². The minimum atomic E-state index is -0.510. The minimum Gasteiger partial charge on any atom is -0.463 e. The Morgan fingerprint density at radius 2 is 1.88 bits per heavy atom. The van der Waals surface area contributed by atoms with Crippen LogP contribution in [0, 0.1) is 6.92 Å². The highest BCUT2D eigenvalue weighted by molar-refractivity contribution is 8.14. The predicted octanol–water partition coefficient (Wildman–Crippen LogP) is 4.27. The lowest BCUT2D eigenvalue weighted by Gasteiger charge is -2.26. The SMILES string of the molecule is CCOC(=O)C1=C(C)NC(SCC(=O)Nc2cccc(C)c2)=N[C@@H]1c1ccc(N(C)C)cc1. The number of allylic oxidation sites excluding steroid dienone is 1. The van der Waals surface area contributed by atoms with Gasteiger partial charge in [0.05, 0.1) is 17.9 Å². The molecule has 0 spiro atoms. The van der Waals surface area contributed by atoms with Crippen LogP contribution in [0.2, 0.25) is 0 Å². The lowest BCUT2D eigenvalue weighted by Crippen LogP contribution is -2.31. The quantitative estimate of drug-likeness (QED) is 0.593. The van der Waals surface area contributed by atoms with Crippen molar-refractivity contribution in [2.45, 2.75) is 26.8 Å². The Labute approximate surface area is 199 Å². The van der Waals surface area contributed by atoms with Gasteiger partial charge < -0.3 is 20.3 Å². The third-order valence-corrected chi connectivity index (χ3v) is 5.97. The van der Waals surface area contributed by atoms with E-state index in [4.69, 9.17) is 9.73 Å². The van der Waals surface area contributed by atoms with E-state index < -0.39 is 12.0 Å². The molecule has 1 heterocycles. The van der Waals surface area contributed by atoms with E-state index in [9.17, 15) is 9.59 Å². The number of carbonyl (C=O) groups is 2. The number of hydrogen-bond acceptors (Lipinski definition) is 7. The number of ether oxygens (including phenoxy) is 1. The second kappa shape index (κ2) is 11.0. The van der Waals surface area contributed by atoms with Crippen LogP contribution >= 0.6 is 11.8 Å². The fourth-order valence-electron chi connectivity index (χ4n) is 3.44. The number of thioether (sulfide) groups is 1. The zero-order valence-electron chi connectivity index (χ0n) is 19.6. The van der Waals surface area contributed by atoms with Crippen molar-refractivity contribution in [1.82, 2.24) is 5.32 Å². The molecule has 2 aromatic carbocycles. The van der Waals surface area contributed by atoms with Gasteiger partial charge in [-0.3, -0.25) is 4.79 Å². The van der Waals surface area contributed by atoms with E-state index in [1.807, 2.05) is 81.4 Å². The molecule has 0 radical (unpaired) electrons. The van der Waals surface area contributed by atoms with Crippen LogP contribution in [-0.4, -0.2) is 43.5 Å². The van der Waals surface area contributed by atoms with Gasteiger partial charge in [0.2, 0.25) is 5.91 Å². The molecule has 2 aromatic rings. The van der Waals surface area contributed by atoms with Gasteiger partial charge in [-0.05, 0) is 56.2 Å². The number of anilines is 2. The van der Waals surface area contributed by atoms with Gasteiger partial charge in [0, 0.05) is 31.2 Å². The summed E-state index contributed by atoms with van der Waals surface area (Å²) in [6.45, 7) is 5.87. The Hall–Kier alpha value is -3.26. The highest BCUT2D eigenvalue weighted by atomic mass is 32.2. The van der Waals surface area contributed by atoms with Gasteiger partial charge in [0.25, 0.3) is 0 Å². The number of amidine groups is 1. The molecule has 0 saturated heterocycles. The molecule has 3 rings (SSSR count). The van der Waals surface area contributed by atoms with Crippen LogP contribution in [0.25, 0.3) is 0 Å². The largest absolute Gasteiger partial charge is 0.463 e. The molecular weight excluding hydrogens is 436 g/mol. The number of benzene rings is 2. The van der Waals surface area contributed by atoms with Gasteiger partial charge in [0.15, 0.2) is 5.17 Å². The molecule has 0 fully saturated rings. The molecule has 0 unspecified atom stereocenters. The summed E-state index contributed by atoms with van der Waals surface area (Å²) >= 11 is 1.30. The van der Waals surface area contributed by atoms with E-state index in [-0.39, 0.29) is 18.3 Å². The molecule has 2 N–H and O–H groups in total. The first kappa shape index (κ1) is 24.4. The number of aliphatic imine (C=N–C) groups is 1. The molecule has 7 nitrogen and oxygen atoms in total. The van der Waals surface area contributed by atoms with Gasteiger partial charge >= 0.3 is 5.97 Å². The van der Waals surface area contributed by atoms with Crippen molar-refractivity contribution < 1.29 is 14.3 Å². The van der Waals surface area contributed by atoms with E-state index in [2.05, 4.69) is 10.6 Å². The number of nitrogens with one attached hydrogen (secondary N) is 2. The van der Waals surface area contributed by atoms with E-state index in [1.54, 1.807) is 6.92 Å². The van der Waals surface area contributed by atoms with Gasteiger partial charge in [0.1, 0.15) is 6.04 Å². The average Bonchev–Trinajstić information content (AvgIpc) is 2.77. The van der Waals surface area contributed by atoms with Crippen molar-refractivity contribution >= 4 is 40.2 Å². The zero-order valence-corrected chi connectivity index (χ0v) is 20.5. The standard InChI is InChI=1S/C25H30N4O3S/c1-6-32-24(31)22-17(3)26-25(28-23(22)18-10-12-20(13-11-18)29(4)5)33-15-21(30)27-19-9-7-8-16(2)14-19/h7-14,23H,6,15H2,1-5H3,(H,26,28)(H,27,30)/t23-/m1/s1. The summed E-state index contributed by atoms with van der Waals surface area (Å²) in [7, 11) is 3.95. The van der Waals surface area contributed by atoms with Crippen LogP contribution in [0.4, 0.5) is 11.4 Å². The summed E-state index contributed by atoms with van der Waals surface area (Å²) in [6.07, 6.45) is 0. The molecule has 174 valence electrons. The highest BCUT2D eigenvalue weighted by Crippen LogP contribution is 2.33. The molecule has 0 saturated carbocycles. The molecular formula is C25H30N4O3S. The molecule has 0 bridgehead atoms. The van der Waals surface area contributed by atoms with Crippen LogP contribution in [0.15, 0.2) is 64.8 Å². The second-order valence-corrected chi connectivity index (χ2v) is 8.88. The summed E-state index contributed by atoms with van der Waals surface area (Å²) in [4.78, 5) is 31.9. The van der Waals surface area contributed by atoms with Crippen molar-refractivity contribution in [2.75, 3.05) is 36.7 Å².